The molecule has 1 unspecified atom stereocenters. The average Bonchev–Trinajstić information content (AvgIpc) is 2.32. The van der Waals surface area contributed by atoms with Crippen molar-refractivity contribution in [3.8, 4) is 5.75 Å². The Labute approximate surface area is 114 Å². The molecule has 0 saturated carbocycles. The zero-order valence-electron chi connectivity index (χ0n) is 9.61. The van der Waals surface area contributed by atoms with E-state index in [2.05, 4.69) is 12.2 Å². The molecular weight excluding hydrogens is 331 g/mol. The van der Waals surface area contributed by atoms with E-state index in [9.17, 15) is 9.90 Å². The van der Waals surface area contributed by atoms with Crippen LogP contribution in [0.2, 0.25) is 0 Å². The minimum Gasteiger partial charge on any atom is -0.507 e. The summed E-state index contributed by atoms with van der Waals surface area (Å²) in [5, 5.41) is 12.9. The minimum atomic E-state index is -0.00921. The van der Waals surface area contributed by atoms with Crippen LogP contribution in [-0.4, -0.2) is 41.6 Å². The van der Waals surface area contributed by atoms with Crippen LogP contribution in [0.25, 0.3) is 0 Å². The molecule has 0 bridgehead atoms. The van der Waals surface area contributed by atoms with Gasteiger partial charge in [0.2, 0.25) is 0 Å². The van der Waals surface area contributed by atoms with Crippen molar-refractivity contribution in [1.82, 2.24) is 10.2 Å². The summed E-state index contributed by atoms with van der Waals surface area (Å²) in [6.45, 7) is 4.32. The molecule has 17 heavy (non-hydrogen) atoms. The first-order chi connectivity index (χ1) is 8.08. The van der Waals surface area contributed by atoms with E-state index in [0.717, 1.165) is 16.7 Å². The number of carbonyl (C=O) groups excluding carboxylic acids is 1. The molecule has 1 fully saturated rings. The van der Waals surface area contributed by atoms with Gasteiger partial charge in [-0.15, -0.1) is 0 Å². The van der Waals surface area contributed by atoms with E-state index in [0.29, 0.717) is 18.2 Å². The second-order valence-corrected chi connectivity index (χ2v) is 5.43. The van der Waals surface area contributed by atoms with Gasteiger partial charge in [0.1, 0.15) is 5.75 Å². The number of benzene rings is 1. The van der Waals surface area contributed by atoms with E-state index in [-0.39, 0.29) is 11.7 Å². The van der Waals surface area contributed by atoms with Crippen LogP contribution in [0.5, 0.6) is 5.75 Å². The quantitative estimate of drug-likeness (QED) is 0.757. The van der Waals surface area contributed by atoms with Crippen molar-refractivity contribution in [2.24, 2.45) is 0 Å². The van der Waals surface area contributed by atoms with E-state index in [1.807, 2.05) is 27.5 Å². The summed E-state index contributed by atoms with van der Waals surface area (Å²) < 4.78 is 0.757. The zero-order valence-corrected chi connectivity index (χ0v) is 11.8. The first-order valence-electron chi connectivity index (χ1n) is 5.59. The maximum atomic E-state index is 12.2. The third-order valence-electron chi connectivity index (χ3n) is 2.85. The summed E-state index contributed by atoms with van der Waals surface area (Å²) in [6.07, 6.45) is 0. The summed E-state index contributed by atoms with van der Waals surface area (Å²) in [5.74, 6) is 0.157. The van der Waals surface area contributed by atoms with Crippen LogP contribution in [0, 0.1) is 3.57 Å². The van der Waals surface area contributed by atoms with Crippen molar-refractivity contribution in [3.05, 3.63) is 27.3 Å². The second-order valence-electron chi connectivity index (χ2n) is 4.27. The number of rotatable bonds is 1. The monoisotopic (exact) mass is 346 g/mol. The maximum Gasteiger partial charge on any atom is 0.254 e. The van der Waals surface area contributed by atoms with Crippen LogP contribution >= 0.6 is 22.6 Å². The maximum absolute atomic E-state index is 12.2. The van der Waals surface area contributed by atoms with Crippen molar-refractivity contribution in [2.45, 2.75) is 13.0 Å². The fourth-order valence-corrected chi connectivity index (χ4v) is 2.28. The highest BCUT2D eigenvalue weighted by atomic mass is 127. The highest BCUT2D eigenvalue weighted by Gasteiger charge is 2.21. The Hall–Kier alpha value is -0.820. The Kier molecular flexibility index (Phi) is 3.88. The van der Waals surface area contributed by atoms with E-state index >= 15 is 0 Å². The Morgan fingerprint density at radius 3 is 3.00 bits per heavy atom. The number of halogens is 1. The third-order valence-corrected chi connectivity index (χ3v) is 3.76. The van der Waals surface area contributed by atoms with Gasteiger partial charge in [0.15, 0.2) is 0 Å². The normalized spacial score (nSPS) is 20.4. The number of phenolic OH excluding ortho intramolecular Hbond substituents is 1. The number of hydrogen-bond donors (Lipinski definition) is 2. The number of nitrogens with one attached hydrogen (secondary N) is 1. The predicted octanol–water partition coefficient (Wildman–Crippen LogP) is 1.43. The molecule has 1 heterocycles. The van der Waals surface area contributed by atoms with Crippen LogP contribution < -0.4 is 5.32 Å². The number of nitrogens with zero attached hydrogens (tertiary/aromatic N) is 1. The van der Waals surface area contributed by atoms with Crippen LogP contribution in [-0.2, 0) is 0 Å². The molecule has 92 valence electrons. The van der Waals surface area contributed by atoms with Crippen LogP contribution in [0.1, 0.15) is 17.3 Å². The molecule has 1 amide bonds. The highest BCUT2D eigenvalue weighted by Crippen LogP contribution is 2.21. The molecule has 2 N–H and O–H groups in total. The van der Waals surface area contributed by atoms with Crippen molar-refractivity contribution in [3.63, 3.8) is 0 Å². The van der Waals surface area contributed by atoms with Gasteiger partial charge < -0.3 is 15.3 Å². The standard InChI is InChI=1S/C12H15IN2O2/c1-8-7-15(5-4-14-8)12(17)9-2-3-10(13)11(16)6-9/h2-3,6,8,14,16H,4-5,7H2,1H3. The lowest BCUT2D eigenvalue weighted by Gasteiger charge is -2.32. The molecule has 4 nitrogen and oxygen atoms in total. The van der Waals surface area contributed by atoms with Gasteiger partial charge >= 0.3 is 0 Å². The van der Waals surface area contributed by atoms with Crippen molar-refractivity contribution in [2.75, 3.05) is 19.6 Å². The van der Waals surface area contributed by atoms with E-state index < -0.39 is 0 Å². The molecule has 1 aliphatic heterocycles. The van der Waals surface area contributed by atoms with Crippen molar-refractivity contribution < 1.29 is 9.90 Å². The topological polar surface area (TPSA) is 52.6 Å². The molecule has 1 aromatic carbocycles. The molecule has 0 radical (unpaired) electrons. The number of piperazine rings is 1. The zero-order chi connectivity index (χ0) is 12.4. The van der Waals surface area contributed by atoms with E-state index in [1.54, 1.807) is 12.1 Å². The fourth-order valence-electron chi connectivity index (χ4n) is 1.95. The van der Waals surface area contributed by atoms with Crippen molar-refractivity contribution >= 4 is 28.5 Å². The highest BCUT2D eigenvalue weighted by molar-refractivity contribution is 14.1. The van der Waals surface area contributed by atoms with Gasteiger partial charge in [-0.1, -0.05) is 0 Å². The fraction of sp³-hybridized carbons (Fsp3) is 0.417. The molecule has 1 atom stereocenters. The Morgan fingerprint density at radius 2 is 2.35 bits per heavy atom. The molecule has 1 aromatic rings. The summed E-state index contributed by atoms with van der Waals surface area (Å²) in [6, 6.07) is 5.38. The molecule has 0 aromatic heterocycles. The largest absolute Gasteiger partial charge is 0.507 e. The summed E-state index contributed by atoms with van der Waals surface area (Å²) >= 11 is 2.04. The SMILES string of the molecule is CC1CN(C(=O)c2ccc(I)c(O)c2)CCN1. The smallest absolute Gasteiger partial charge is 0.254 e. The van der Waals surface area contributed by atoms with Gasteiger partial charge in [-0.3, -0.25) is 4.79 Å². The Balaban J connectivity index is 2.15. The van der Waals surface area contributed by atoms with Gasteiger partial charge in [0, 0.05) is 31.2 Å². The Morgan fingerprint density at radius 1 is 1.59 bits per heavy atom. The van der Waals surface area contributed by atoms with Gasteiger partial charge in [0.05, 0.1) is 3.57 Å². The predicted molar refractivity (Wildman–Crippen MR) is 74.2 cm³/mol. The van der Waals surface area contributed by atoms with E-state index in [1.165, 1.54) is 6.07 Å². The molecule has 1 aliphatic rings. The number of aromatic hydroxyl groups is 1. The molecule has 1 saturated heterocycles. The third kappa shape index (κ3) is 2.90. The molecule has 2 rings (SSSR count). The summed E-state index contributed by atoms with van der Waals surface area (Å²) in [7, 11) is 0. The van der Waals surface area contributed by atoms with Crippen LogP contribution in [0.4, 0.5) is 0 Å². The first-order valence-corrected chi connectivity index (χ1v) is 6.67. The lowest BCUT2D eigenvalue weighted by Crippen LogP contribution is -2.51. The number of phenols is 1. The van der Waals surface area contributed by atoms with Crippen molar-refractivity contribution in [1.29, 1.82) is 0 Å². The van der Waals surface area contributed by atoms with E-state index in [4.69, 9.17) is 0 Å². The van der Waals surface area contributed by atoms with Crippen LogP contribution in [0.3, 0.4) is 0 Å². The minimum absolute atomic E-state index is 0.00921. The molecule has 0 spiro atoms. The molecular formula is C12H15IN2O2. The Bertz CT molecular complexity index is 437. The summed E-state index contributed by atoms with van der Waals surface area (Å²) in [4.78, 5) is 14.0. The average molecular weight is 346 g/mol. The number of hydrogen-bond acceptors (Lipinski definition) is 3. The lowest BCUT2D eigenvalue weighted by molar-refractivity contribution is 0.0708. The first kappa shape index (κ1) is 12.6. The second kappa shape index (κ2) is 5.22. The summed E-state index contributed by atoms with van der Waals surface area (Å²) in [5.41, 5.74) is 0.553. The lowest BCUT2D eigenvalue weighted by atomic mass is 10.1. The number of carbonyl (C=O) groups is 1. The van der Waals surface area contributed by atoms with Gasteiger partial charge in [-0.25, -0.2) is 0 Å². The van der Waals surface area contributed by atoms with Crippen LogP contribution in [0.15, 0.2) is 18.2 Å². The number of amides is 1. The molecule has 0 aliphatic carbocycles. The van der Waals surface area contributed by atoms with Gasteiger partial charge in [-0.05, 0) is 47.7 Å². The van der Waals surface area contributed by atoms with Gasteiger partial charge in [-0.2, -0.15) is 0 Å². The molecule has 5 heteroatoms. The van der Waals surface area contributed by atoms with Gasteiger partial charge in [0.25, 0.3) is 5.91 Å².